The summed E-state index contributed by atoms with van der Waals surface area (Å²) in [5, 5.41) is 0.539. The van der Waals surface area contributed by atoms with E-state index in [0.717, 1.165) is 28.6 Å². The summed E-state index contributed by atoms with van der Waals surface area (Å²) in [6.45, 7) is 7.42. The third kappa shape index (κ3) is 5.05. The first-order valence-electron chi connectivity index (χ1n) is 12.7. The molecule has 6 nitrogen and oxygen atoms in total. The molecule has 0 aliphatic carbocycles. The standard InChI is InChI=1S/C30H30BrN3O3/c1-19(2)14-16-33(29(35)22-9-8-21-15-17-37-27(21)18-22)20(3)28-32-26-7-5-4-6-25(26)30(36)34(28)24-12-10-23(31)11-13-24/h4-13,18-20H,14-17H2,1-3H3. The highest BCUT2D eigenvalue weighted by molar-refractivity contribution is 9.10. The molecule has 3 aromatic carbocycles. The van der Waals surface area contributed by atoms with E-state index in [9.17, 15) is 9.59 Å². The SMILES string of the molecule is CC(C)CCN(C(=O)c1ccc2c(c1)OCC2)C(C)c1nc2ccccc2c(=O)n1-c1ccc(Br)cc1. The average molecular weight is 560 g/mol. The van der Waals surface area contributed by atoms with Crippen molar-refractivity contribution in [3.8, 4) is 11.4 Å². The van der Waals surface area contributed by atoms with Crippen LogP contribution in [-0.4, -0.2) is 33.5 Å². The molecule has 1 amide bonds. The second-order valence-corrected chi connectivity index (χ2v) is 10.8. The Balaban J connectivity index is 1.64. The zero-order valence-electron chi connectivity index (χ0n) is 21.3. The Morgan fingerprint density at radius 1 is 1.08 bits per heavy atom. The van der Waals surface area contributed by atoms with E-state index in [2.05, 4.69) is 29.8 Å². The Hall–Kier alpha value is -3.45. The Bertz CT molecular complexity index is 1510. The predicted molar refractivity (Wildman–Crippen MR) is 150 cm³/mol. The van der Waals surface area contributed by atoms with Gasteiger partial charge in [0.2, 0.25) is 0 Å². The van der Waals surface area contributed by atoms with Crippen LogP contribution in [0.25, 0.3) is 16.6 Å². The number of amides is 1. The van der Waals surface area contributed by atoms with Gasteiger partial charge in [0.05, 0.1) is 29.2 Å². The molecule has 4 aromatic rings. The first kappa shape index (κ1) is 25.2. The maximum absolute atomic E-state index is 14.0. The van der Waals surface area contributed by atoms with Gasteiger partial charge in [0.15, 0.2) is 0 Å². The Morgan fingerprint density at radius 3 is 2.59 bits per heavy atom. The molecule has 190 valence electrons. The average Bonchev–Trinajstić information content (AvgIpc) is 3.37. The van der Waals surface area contributed by atoms with Crippen molar-refractivity contribution in [2.24, 2.45) is 5.92 Å². The number of benzene rings is 3. The van der Waals surface area contributed by atoms with E-state index in [1.54, 1.807) is 10.6 Å². The highest BCUT2D eigenvalue weighted by Crippen LogP contribution is 2.30. The topological polar surface area (TPSA) is 64.4 Å². The molecule has 0 bridgehead atoms. The van der Waals surface area contributed by atoms with Crippen LogP contribution in [0.4, 0.5) is 0 Å². The van der Waals surface area contributed by atoms with Gasteiger partial charge in [-0.15, -0.1) is 0 Å². The molecular formula is C30H30BrN3O3. The molecule has 1 unspecified atom stereocenters. The second kappa shape index (κ2) is 10.5. The maximum Gasteiger partial charge on any atom is 0.266 e. The quantitative estimate of drug-likeness (QED) is 0.265. The van der Waals surface area contributed by atoms with Crippen molar-refractivity contribution in [2.75, 3.05) is 13.2 Å². The molecule has 7 heteroatoms. The third-order valence-electron chi connectivity index (χ3n) is 6.88. The van der Waals surface area contributed by atoms with Crippen molar-refractivity contribution >= 4 is 32.7 Å². The predicted octanol–water partition coefficient (Wildman–Crippen LogP) is 6.33. The molecule has 1 aliphatic heterocycles. The molecule has 0 saturated heterocycles. The van der Waals surface area contributed by atoms with Crippen molar-refractivity contribution in [1.29, 1.82) is 0 Å². The summed E-state index contributed by atoms with van der Waals surface area (Å²) in [4.78, 5) is 34.5. The van der Waals surface area contributed by atoms with Crippen LogP contribution in [0.5, 0.6) is 5.75 Å². The number of carbonyl (C=O) groups excluding carboxylic acids is 1. The van der Waals surface area contributed by atoms with E-state index in [0.29, 0.717) is 47.0 Å². The van der Waals surface area contributed by atoms with Gasteiger partial charge >= 0.3 is 0 Å². The van der Waals surface area contributed by atoms with E-state index in [1.165, 1.54) is 0 Å². The van der Waals surface area contributed by atoms with Gasteiger partial charge in [-0.25, -0.2) is 4.98 Å². The first-order valence-corrected chi connectivity index (χ1v) is 13.5. The number of fused-ring (bicyclic) bond motifs is 2. The molecule has 0 radical (unpaired) electrons. The number of ether oxygens (including phenoxy) is 1. The molecule has 0 N–H and O–H groups in total. The summed E-state index contributed by atoms with van der Waals surface area (Å²) >= 11 is 3.48. The van der Waals surface area contributed by atoms with Gasteiger partial charge in [-0.3, -0.25) is 14.2 Å². The number of nitrogens with zero attached hydrogens (tertiary/aromatic N) is 3. The number of rotatable bonds is 7. The van der Waals surface area contributed by atoms with Gasteiger partial charge in [-0.2, -0.15) is 0 Å². The fourth-order valence-corrected chi connectivity index (χ4v) is 5.01. The number of hydrogen-bond acceptors (Lipinski definition) is 4. The van der Waals surface area contributed by atoms with Crippen LogP contribution in [0.15, 0.2) is 76.0 Å². The van der Waals surface area contributed by atoms with Crippen LogP contribution >= 0.6 is 15.9 Å². The van der Waals surface area contributed by atoms with Gasteiger partial charge in [0.1, 0.15) is 11.6 Å². The Morgan fingerprint density at radius 2 is 1.84 bits per heavy atom. The van der Waals surface area contributed by atoms with Gasteiger partial charge in [-0.1, -0.05) is 48.0 Å². The summed E-state index contributed by atoms with van der Waals surface area (Å²) in [6.07, 6.45) is 1.69. The van der Waals surface area contributed by atoms with Crippen LogP contribution in [0.2, 0.25) is 0 Å². The Kier molecular flexibility index (Phi) is 7.15. The monoisotopic (exact) mass is 559 g/mol. The van der Waals surface area contributed by atoms with E-state index in [1.807, 2.05) is 72.5 Å². The summed E-state index contributed by atoms with van der Waals surface area (Å²) in [6, 6.07) is 20.2. The number of para-hydroxylation sites is 1. The fourth-order valence-electron chi connectivity index (χ4n) is 4.74. The highest BCUT2D eigenvalue weighted by Gasteiger charge is 2.28. The fraction of sp³-hybridized carbons (Fsp3) is 0.300. The third-order valence-corrected chi connectivity index (χ3v) is 7.41. The lowest BCUT2D eigenvalue weighted by Gasteiger charge is -2.31. The number of aromatic nitrogens is 2. The first-order chi connectivity index (χ1) is 17.8. The molecule has 1 aromatic heterocycles. The van der Waals surface area contributed by atoms with Crippen LogP contribution in [0.3, 0.4) is 0 Å². The zero-order chi connectivity index (χ0) is 26.1. The lowest BCUT2D eigenvalue weighted by Crippen LogP contribution is -2.38. The molecule has 2 heterocycles. The van der Waals surface area contributed by atoms with Crippen molar-refractivity contribution in [2.45, 2.75) is 39.7 Å². The summed E-state index contributed by atoms with van der Waals surface area (Å²) in [5.41, 5.74) is 2.87. The van der Waals surface area contributed by atoms with Gasteiger partial charge < -0.3 is 9.64 Å². The molecular weight excluding hydrogens is 530 g/mol. The minimum atomic E-state index is -0.457. The molecule has 1 atom stereocenters. The van der Waals surface area contributed by atoms with Crippen LogP contribution < -0.4 is 10.3 Å². The van der Waals surface area contributed by atoms with Crippen molar-refractivity contribution < 1.29 is 9.53 Å². The van der Waals surface area contributed by atoms with Crippen LogP contribution in [-0.2, 0) is 6.42 Å². The molecule has 1 aliphatic rings. The van der Waals surface area contributed by atoms with Gasteiger partial charge in [0.25, 0.3) is 11.5 Å². The summed E-state index contributed by atoms with van der Waals surface area (Å²) < 4.78 is 8.29. The summed E-state index contributed by atoms with van der Waals surface area (Å²) in [5.74, 6) is 1.61. The minimum absolute atomic E-state index is 0.101. The number of hydrogen-bond donors (Lipinski definition) is 0. The minimum Gasteiger partial charge on any atom is -0.493 e. The second-order valence-electron chi connectivity index (χ2n) is 9.88. The highest BCUT2D eigenvalue weighted by atomic mass is 79.9. The molecule has 0 saturated carbocycles. The van der Waals surface area contributed by atoms with E-state index >= 15 is 0 Å². The largest absolute Gasteiger partial charge is 0.493 e. The van der Waals surface area contributed by atoms with Gasteiger partial charge in [0, 0.05) is 23.0 Å². The van der Waals surface area contributed by atoms with E-state index < -0.39 is 6.04 Å². The zero-order valence-corrected chi connectivity index (χ0v) is 22.9. The van der Waals surface area contributed by atoms with Gasteiger partial charge in [-0.05, 0) is 73.4 Å². The smallest absolute Gasteiger partial charge is 0.266 e. The van der Waals surface area contributed by atoms with Crippen molar-refractivity contribution in [1.82, 2.24) is 14.5 Å². The maximum atomic E-state index is 14.0. The van der Waals surface area contributed by atoms with Crippen molar-refractivity contribution in [3.05, 3.63) is 98.5 Å². The lowest BCUT2D eigenvalue weighted by molar-refractivity contribution is 0.0671. The van der Waals surface area contributed by atoms with Crippen molar-refractivity contribution in [3.63, 3.8) is 0 Å². The van der Waals surface area contributed by atoms with Crippen LogP contribution in [0.1, 0.15) is 55.0 Å². The summed E-state index contributed by atoms with van der Waals surface area (Å²) in [7, 11) is 0. The van der Waals surface area contributed by atoms with E-state index in [4.69, 9.17) is 9.72 Å². The number of halogens is 1. The molecule has 37 heavy (non-hydrogen) atoms. The Labute approximate surface area is 225 Å². The molecule has 0 spiro atoms. The molecule has 0 fully saturated rings. The molecule has 5 rings (SSSR count). The lowest BCUT2D eigenvalue weighted by atomic mass is 10.1. The van der Waals surface area contributed by atoms with E-state index in [-0.39, 0.29) is 11.5 Å². The number of carbonyl (C=O) groups is 1. The normalized spacial score (nSPS) is 13.4. The van der Waals surface area contributed by atoms with Crippen LogP contribution in [0, 0.1) is 5.92 Å².